The zero-order valence-electron chi connectivity index (χ0n) is 17.9. The largest absolute Gasteiger partial charge is 0.475 e. The van der Waals surface area contributed by atoms with Crippen molar-refractivity contribution < 1.29 is 19.1 Å². The van der Waals surface area contributed by atoms with Crippen LogP contribution in [-0.2, 0) is 23.6 Å². The van der Waals surface area contributed by atoms with Gasteiger partial charge in [-0.1, -0.05) is 42.1 Å². The summed E-state index contributed by atoms with van der Waals surface area (Å²) in [4.78, 5) is 25.1. The zero-order valence-corrected chi connectivity index (χ0v) is 18.8. The number of benzene rings is 1. The lowest BCUT2D eigenvalue weighted by atomic mass is 10.2. The number of nitrogens with zero attached hydrogens (tertiary/aromatic N) is 4. The van der Waals surface area contributed by atoms with Gasteiger partial charge in [-0.15, -0.1) is 0 Å². The molecule has 0 unspecified atom stereocenters. The average molecular weight is 455 g/mol. The van der Waals surface area contributed by atoms with Crippen LogP contribution in [0.1, 0.15) is 27.6 Å². The van der Waals surface area contributed by atoms with Crippen LogP contribution in [0.25, 0.3) is 0 Å². The van der Waals surface area contributed by atoms with E-state index in [9.17, 15) is 4.79 Å². The third kappa shape index (κ3) is 5.87. The number of aromatic carboxylic acids is 1. The van der Waals surface area contributed by atoms with Crippen molar-refractivity contribution in [3.05, 3.63) is 71.3 Å². The Hall–Kier alpha value is -2.88. The summed E-state index contributed by atoms with van der Waals surface area (Å²) in [5.41, 5.74) is 2.14. The van der Waals surface area contributed by atoms with Crippen molar-refractivity contribution in [3.8, 4) is 0 Å². The highest BCUT2D eigenvalue weighted by atomic mass is 32.2. The van der Waals surface area contributed by atoms with Gasteiger partial charge in [-0.05, 0) is 17.7 Å². The van der Waals surface area contributed by atoms with Gasteiger partial charge < -0.3 is 19.2 Å². The van der Waals surface area contributed by atoms with Crippen molar-refractivity contribution in [2.24, 2.45) is 0 Å². The summed E-state index contributed by atoms with van der Waals surface area (Å²) in [5, 5.41) is 9.63. The van der Waals surface area contributed by atoms with Crippen LogP contribution in [0.4, 0.5) is 5.82 Å². The minimum atomic E-state index is -1.08. The van der Waals surface area contributed by atoms with Gasteiger partial charge in [0.1, 0.15) is 11.6 Å². The summed E-state index contributed by atoms with van der Waals surface area (Å²) >= 11 is 1.42. The number of hydrogen-bond donors (Lipinski definition) is 1. The number of carboxylic acids is 1. The lowest BCUT2D eigenvalue weighted by molar-refractivity contribution is 0.0661. The zero-order chi connectivity index (χ0) is 22.3. The van der Waals surface area contributed by atoms with Crippen LogP contribution in [0.2, 0.25) is 0 Å². The first-order valence-corrected chi connectivity index (χ1v) is 11.4. The molecule has 0 saturated carbocycles. The second kappa shape index (κ2) is 10.6. The van der Waals surface area contributed by atoms with Gasteiger partial charge >= 0.3 is 5.97 Å². The van der Waals surface area contributed by atoms with Gasteiger partial charge in [0, 0.05) is 45.9 Å². The molecule has 32 heavy (non-hydrogen) atoms. The number of furan rings is 1. The number of piperazine rings is 1. The molecule has 3 aromatic rings. The molecule has 1 N–H and O–H groups in total. The first-order chi connectivity index (χ1) is 15.6. The normalized spacial score (nSPS) is 14.6. The Morgan fingerprint density at radius 1 is 1.12 bits per heavy atom. The minimum Gasteiger partial charge on any atom is -0.475 e. The second-order valence-corrected chi connectivity index (χ2v) is 8.48. The van der Waals surface area contributed by atoms with Crippen LogP contribution in [-0.4, -0.2) is 59.2 Å². The molecule has 0 radical (unpaired) electrons. The Balaban J connectivity index is 1.40. The summed E-state index contributed by atoms with van der Waals surface area (Å²) in [5.74, 6) is 0.773. The molecule has 0 spiro atoms. The Morgan fingerprint density at radius 3 is 2.59 bits per heavy atom. The fourth-order valence-electron chi connectivity index (χ4n) is 3.59. The summed E-state index contributed by atoms with van der Waals surface area (Å²) in [6, 6.07) is 15.6. The maximum atomic E-state index is 11.0. The van der Waals surface area contributed by atoms with Crippen molar-refractivity contribution >= 4 is 23.5 Å². The quantitative estimate of drug-likeness (QED) is 0.385. The molecular weight excluding hydrogens is 428 g/mol. The lowest BCUT2D eigenvalue weighted by Gasteiger charge is -2.35. The van der Waals surface area contributed by atoms with Crippen molar-refractivity contribution in [3.63, 3.8) is 0 Å². The van der Waals surface area contributed by atoms with Crippen LogP contribution in [0, 0.1) is 0 Å². The Bertz CT molecular complexity index is 1040. The molecule has 2 aromatic heterocycles. The predicted octanol–water partition coefficient (Wildman–Crippen LogP) is 3.53. The predicted molar refractivity (Wildman–Crippen MR) is 122 cm³/mol. The summed E-state index contributed by atoms with van der Waals surface area (Å²) in [6.45, 7) is 5.06. The van der Waals surface area contributed by atoms with E-state index in [-0.39, 0.29) is 5.76 Å². The minimum absolute atomic E-state index is 0.0660. The number of methoxy groups -OCH3 is 1. The molecule has 0 amide bonds. The van der Waals surface area contributed by atoms with E-state index < -0.39 is 5.97 Å². The second-order valence-electron chi connectivity index (χ2n) is 7.54. The van der Waals surface area contributed by atoms with Crippen LogP contribution in [0.5, 0.6) is 0 Å². The highest BCUT2D eigenvalue weighted by molar-refractivity contribution is 7.98. The Kier molecular flexibility index (Phi) is 7.41. The van der Waals surface area contributed by atoms with Crippen LogP contribution in [0.3, 0.4) is 0 Å². The summed E-state index contributed by atoms with van der Waals surface area (Å²) in [7, 11) is 1.65. The molecule has 3 heterocycles. The molecule has 9 heteroatoms. The maximum Gasteiger partial charge on any atom is 0.371 e. The monoisotopic (exact) mass is 454 g/mol. The number of carbonyl (C=O) groups is 1. The molecule has 0 bridgehead atoms. The van der Waals surface area contributed by atoms with E-state index in [0.29, 0.717) is 23.3 Å². The van der Waals surface area contributed by atoms with Crippen molar-refractivity contribution in [1.29, 1.82) is 0 Å². The molecule has 168 valence electrons. The maximum absolute atomic E-state index is 11.0. The number of hydrogen-bond acceptors (Lipinski definition) is 8. The smallest absolute Gasteiger partial charge is 0.371 e. The van der Waals surface area contributed by atoms with Crippen molar-refractivity contribution in [2.75, 3.05) is 38.2 Å². The molecule has 1 aliphatic heterocycles. The van der Waals surface area contributed by atoms with E-state index in [1.54, 1.807) is 13.2 Å². The highest BCUT2D eigenvalue weighted by Gasteiger charge is 2.20. The van der Waals surface area contributed by atoms with Gasteiger partial charge in [0.25, 0.3) is 0 Å². The lowest BCUT2D eigenvalue weighted by Crippen LogP contribution is -2.46. The SMILES string of the molecule is COCc1cc(N2CCN(Cc3ccccc3)CC2)nc(SCc2ccc(C(=O)O)o2)n1. The Morgan fingerprint density at radius 2 is 1.91 bits per heavy atom. The number of carboxylic acid groups (broad SMARTS) is 1. The Labute approximate surface area is 191 Å². The summed E-state index contributed by atoms with van der Waals surface area (Å²) < 4.78 is 10.6. The fourth-order valence-corrected chi connectivity index (χ4v) is 4.36. The first-order valence-electron chi connectivity index (χ1n) is 10.4. The molecular formula is C23H26N4O4S. The molecule has 4 rings (SSSR count). The first kappa shape index (κ1) is 22.3. The topological polar surface area (TPSA) is 91.9 Å². The molecule has 1 aromatic carbocycles. The number of aromatic nitrogens is 2. The van der Waals surface area contributed by atoms with Gasteiger partial charge in [-0.3, -0.25) is 4.90 Å². The number of anilines is 1. The fraction of sp³-hybridized carbons (Fsp3) is 0.348. The van der Waals surface area contributed by atoms with Gasteiger partial charge in [0.2, 0.25) is 5.76 Å². The van der Waals surface area contributed by atoms with Crippen LogP contribution in [0.15, 0.2) is 58.1 Å². The molecule has 0 aliphatic carbocycles. The molecule has 1 saturated heterocycles. The molecule has 1 aliphatic rings. The van der Waals surface area contributed by atoms with Gasteiger partial charge in [0.15, 0.2) is 5.16 Å². The van der Waals surface area contributed by atoms with Crippen molar-refractivity contribution in [1.82, 2.24) is 14.9 Å². The van der Waals surface area contributed by atoms with Crippen molar-refractivity contribution in [2.45, 2.75) is 24.1 Å². The standard InChI is InChI=1S/C23H26N4O4S/c1-30-15-18-13-21(25-23(24-18)32-16-19-7-8-20(31-19)22(28)29)27-11-9-26(10-12-27)14-17-5-3-2-4-6-17/h2-8,13H,9-12,14-16H2,1H3,(H,28,29). The van der Waals surface area contributed by atoms with E-state index in [2.05, 4.69) is 39.0 Å². The number of thioether (sulfide) groups is 1. The van der Waals surface area contributed by atoms with Gasteiger partial charge in [-0.2, -0.15) is 0 Å². The third-order valence-corrected chi connectivity index (χ3v) is 6.07. The molecule has 8 nitrogen and oxygen atoms in total. The third-order valence-electron chi connectivity index (χ3n) is 5.20. The van der Waals surface area contributed by atoms with E-state index >= 15 is 0 Å². The molecule has 0 atom stereocenters. The van der Waals surface area contributed by atoms with Crippen LogP contribution >= 0.6 is 11.8 Å². The van der Waals surface area contributed by atoms with E-state index in [1.165, 1.54) is 23.4 Å². The van der Waals surface area contributed by atoms with Gasteiger partial charge in [-0.25, -0.2) is 14.8 Å². The highest BCUT2D eigenvalue weighted by Crippen LogP contribution is 2.25. The molecule has 1 fully saturated rings. The number of rotatable bonds is 9. The van der Waals surface area contributed by atoms with E-state index in [4.69, 9.17) is 19.2 Å². The van der Waals surface area contributed by atoms with E-state index in [1.807, 2.05) is 12.1 Å². The van der Waals surface area contributed by atoms with Gasteiger partial charge in [0.05, 0.1) is 18.1 Å². The van der Waals surface area contributed by atoms with E-state index in [0.717, 1.165) is 44.2 Å². The average Bonchev–Trinajstić information content (AvgIpc) is 3.29. The number of ether oxygens (including phenoxy) is 1. The van der Waals surface area contributed by atoms with Crippen LogP contribution < -0.4 is 4.90 Å². The summed E-state index contributed by atoms with van der Waals surface area (Å²) in [6.07, 6.45) is 0.